The molecule has 10 heteroatoms. The van der Waals surface area contributed by atoms with Crippen LogP contribution in [0, 0.1) is 0 Å². The van der Waals surface area contributed by atoms with Gasteiger partial charge in [-0.15, -0.1) is 0 Å². The number of rotatable bonds is 49. The molecule has 0 saturated heterocycles. The van der Waals surface area contributed by atoms with Gasteiger partial charge in [-0.05, 0) is 76.7 Å². The van der Waals surface area contributed by atoms with Gasteiger partial charge in [0.1, 0.15) is 19.3 Å². The molecule has 390 valence electrons. The first-order chi connectivity index (χ1) is 32.4. The number of carbonyl (C=O) groups is 2. The van der Waals surface area contributed by atoms with Crippen molar-refractivity contribution in [1.82, 2.24) is 5.32 Å². The van der Waals surface area contributed by atoms with Crippen molar-refractivity contribution < 1.29 is 37.3 Å². The molecule has 0 aliphatic carbocycles. The van der Waals surface area contributed by atoms with E-state index in [1.54, 1.807) is 0 Å². The summed E-state index contributed by atoms with van der Waals surface area (Å²) in [7, 11) is 1.17. The van der Waals surface area contributed by atoms with E-state index in [1.165, 1.54) is 116 Å². The van der Waals surface area contributed by atoms with Gasteiger partial charge >= 0.3 is 5.97 Å². The molecule has 3 atom stereocenters. The molecule has 0 saturated carbocycles. The molecule has 0 aromatic heterocycles. The summed E-state index contributed by atoms with van der Waals surface area (Å²) in [6, 6.07) is -0.895. The maximum atomic E-state index is 13.4. The predicted molar refractivity (Wildman–Crippen MR) is 284 cm³/mol. The molecule has 0 fully saturated rings. The van der Waals surface area contributed by atoms with Gasteiger partial charge in [-0.1, -0.05) is 210 Å². The van der Waals surface area contributed by atoms with E-state index in [9.17, 15) is 19.0 Å². The van der Waals surface area contributed by atoms with Crippen LogP contribution in [-0.2, 0) is 27.9 Å². The Morgan fingerprint density at radius 2 is 0.970 bits per heavy atom. The molecule has 1 amide bonds. The van der Waals surface area contributed by atoms with E-state index in [1.807, 2.05) is 33.3 Å². The summed E-state index contributed by atoms with van der Waals surface area (Å²) in [5.41, 5.74) is 0. The largest absolute Gasteiger partial charge is 0.756 e. The standard InChI is InChI=1S/C57H105N2O7P/c1-7-10-13-16-19-22-25-27-29-31-34-37-40-43-46-49-56(60)58-54(53-65-67(62,63)64-52-51-59(4,5)6)55(48-45-42-39-36-33-24-21-18-15-12-9-3)66-57(61)50-47-44-41-38-35-32-30-28-26-23-20-17-14-11-8-2/h10,13,16,19,22-23,25-26,45,48,54-55H,7-9,11-12,14-15,17-18,20-21,24,27-44,46-47,49-53H2,1-6H3,(H-,58,60,62,63)/b13-10+,19-16+,25-22+,26-23-,48-45+. The third-order valence-corrected chi connectivity index (χ3v) is 13.0. The Kier molecular flexibility index (Phi) is 45.8. The molecular weight excluding hydrogens is 856 g/mol. The number of hydrogen-bond acceptors (Lipinski definition) is 7. The fourth-order valence-corrected chi connectivity index (χ4v) is 8.41. The number of quaternary nitrogens is 1. The van der Waals surface area contributed by atoms with Crippen LogP contribution in [0.2, 0.25) is 0 Å². The molecule has 1 N–H and O–H groups in total. The molecule has 0 bridgehead atoms. The summed E-state index contributed by atoms with van der Waals surface area (Å²) >= 11 is 0. The number of likely N-dealkylation sites (N-methyl/N-ethyl adjacent to an activating group) is 1. The van der Waals surface area contributed by atoms with E-state index in [2.05, 4.69) is 74.7 Å². The molecular formula is C57H105N2O7P. The fourth-order valence-electron chi connectivity index (χ4n) is 7.69. The summed E-state index contributed by atoms with van der Waals surface area (Å²) in [6.45, 7) is 6.67. The first kappa shape index (κ1) is 64.7. The number of ether oxygens (including phenoxy) is 1. The zero-order chi connectivity index (χ0) is 49.4. The van der Waals surface area contributed by atoms with Crippen LogP contribution in [0.25, 0.3) is 0 Å². The van der Waals surface area contributed by atoms with Crippen molar-refractivity contribution in [1.29, 1.82) is 0 Å². The lowest BCUT2D eigenvalue weighted by molar-refractivity contribution is -0.870. The van der Waals surface area contributed by atoms with Gasteiger partial charge in [0.15, 0.2) is 0 Å². The van der Waals surface area contributed by atoms with Crippen molar-refractivity contribution in [3.05, 3.63) is 60.8 Å². The quantitative estimate of drug-likeness (QED) is 0.0161. The average molecular weight is 961 g/mol. The van der Waals surface area contributed by atoms with Crippen LogP contribution in [0.3, 0.4) is 0 Å². The van der Waals surface area contributed by atoms with Gasteiger partial charge in [0.25, 0.3) is 7.82 Å². The number of allylic oxidation sites excluding steroid dienone is 9. The molecule has 0 aromatic carbocycles. The Morgan fingerprint density at radius 1 is 0.537 bits per heavy atom. The molecule has 0 radical (unpaired) electrons. The van der Waals surface area contributed by atoms with Crippen LogP contribution in [-0.4, -0.2) is 69.4 Å². The number of nitrogens with one attached hydrogen (secondary N) is 1. The highest BCUT2D eigenvalue weighted by Gasteiger charge is 2.27. The van der Waals surface area contributed by atoms with E-state index in [0.29, 0.717) is 17.4 Å². The van der Waals surface area contributed by atoms with E-state index in [4.69, 9.17) is 13.8 Å². The molecule has 0 spiro atoms. The molecule has 0 aliphatic heterocycles. The van der Waals surface area contributed by atoms with Crippen molar-refractivity contribution >= 4 is 19.7 Å². The second-order valence-electron chi connectivity index (χ2n) is 19.8. The van der Waals surface area contributed by atoms with Crippen LogP contribution >= 0.6 is 7.82 Å². The van der Waals surface area contributed by atoms with Gasteiger partial charge in [0, 0.05) is 12.8 Å². The lowest BCUT2D eigenvalue weighted by Gasteiger charge is -2.30. The molecule has 3 unspecified atom stereocenters. The predicted octanol–water partition coefficient (Wildman–Crippen LogP) is 15.7. The maximum Gasteiger partial charge on any atom is 0.306 e. The Balaban J connectivity index is 5.37. The number of amides is 1. The van der Waals surface area contributed by atoms with Crippen molar-refractivity contribution in [3.63, 3.8) is 0 Å². The Bertz CT molecular complexity index is 1340. The Labute approximate surface area is 413 Å². The SMILES string of the molecule is CC/C=C/C=C/C=C/CCCCCCCCCC(=O)NC(COP(=O)([O-])OCC[N+](C)(C)C)C(/C=C/CCCCCCCCCCC)OC(=O)CCCCCCCCC/C=C\CCCCCC. The van der Waals surface area contributed by atoms with Crippen molar-refractivity contribution in [3.8, 4) is 0 Å². The molecule has 0 aliphatic rings. The second kappa shape index (κ2) is 47.4. The summed E-state index contributed by atoms with van der Waals surface area (Å²) in [4.78, 5) is 39.8. The van der Waals surface area contributed by atoms with Gasteiger partial charge in [0.05, 0.1) is 33.8 Å². The lowest BCUT2D eigenvalue weighted by Crippen LogP contribution is -2.47. The number of unbranched alkanes of at least 4 members (excludes halogenated alkanes) is 27. The van der Waals surface area contributed by atoms with Gasteiger partial charge in [-0.2, -0.15) is 0 Å². The minimum Gasteiger partial charge on any atom is -0.756 e. The number of esters is 1. The fraction of sp³-hybridized carbons (Fsp3) is 0.789. The zero-order valence-corrected chi connectivity index (χ0v) is 45.2. The molecule has 9 nitrogen and oxygen atoms in total. The van der Waals surface area contributed by atoms with Crippen molar-refractivity contribution in [2.75, 3.05) is 40.9 Å². The van der Waals surface area contributed by atoms with E-state index in [0.717, 1.165) is 89.9 Å². The third-order valence-electron chi connectivity index (χ3n) is 12.0. The number of phosphoric ester groups is 1. The highest BCUT2D eigenvalue weighted by Crippen LogP contribution is 2.38. The smallest absolute Gasteiger partial charge is 0.306 e. The monoisotopic (exact) mass is 961 g/mol. The van der Waals surface area contributed by atoms with Gasteiger partial charge in [-0.3, -0.25) is 14.2 Å². The highest BCUT2D eigenvalue weighted by molar-refractivity contribution is 7.45. The van der Waals surface area contributed by atoms with Gasteiger partial charge in [0.2, 0.25) is 5.91 Å². The van der Waals surface area contributed by atoms with Crippen molar-refractivity contribution in [2.24, 2.45) is 0 Å². The first-order valence-corrected chi connectivity index (χ1v) is 29.1. The minimum absolute atomic E-state index is 0.0270. The number of carbonyl (C=O) groups excluding carboxylic acids is 2. The summed E-state index contributed by atoms with van der Waals surface area (Å²) in [5, 5.41) is 3.01. The summed E-state index contributed by atoms with van der Waals surface area (Å²) in [6.07, 6.45) is 57.5. The van der Waals surface area contributed by atoms with Crippen molar-refractivity contribution in [2.45, 2.75) is 251 Å². The Hall–Kier alpha value is -2.29. The van der Waals surface area contributed by atoms with Crippen LogP contribution in [0.15, 0.2) is 60.8 Å². The minimum atomic E-state index is -4.69. The topological polar surface area (TPSA) is 114 Å². The lowest BCUT2D eigenvalue weighted by atomic mass is 10.1. The average Bonchev–Trinajstić information content (AvgIpc) is 3.28. The first-order valence-electron chi connectivity index (χ1n) is 27.6. The summed E-state index contributed by atoms with van der Waals surface area (Å²) in [5.74, 6) is -0.561. The molecule has 0 aromatic rings. The summed E-state index contributed by atoms with van der Waals surface area (Å²) < 4.78 is 30.2. The van der Waals surface area contributed by atoms with Gasteiger partial charge in [-0.25, -0.2) is 0 Å². The Morgan fingerprint density at radius 3 is 1.48 bits per heavy atom. The van der Waals surface area contributed by atoms with Crippen LogP contribution in [0.1, 0.15) is 239 Å². The zero-order valence-electron chi connectivity index (χ0n) is 44.3. The normalized spacial score (nSPS) is 14.3. The third kappa shape index (κ3) is 48.5. The maximum absolute atomic E-state index is 13.4. The van der Waals surface area contributed by atoms with E-state index in [-0.39, 0.29) is 24.9 Å². The van der Waals surface area contributed by atoms with E-state index < -0.39 is 26.6 Å². The van der Waals surface area contributed by atoms with Crippen LogP contribution in [0.4, 0.5) is 0 Å². The van der Waals surface area contributed by atoms with Gasteiger partial charge < -0.3 is 28.5 Å². The van der Waals surface area contributed by atoms with Crippen LogP contribution in [0.5, 0.6) is 0 Å². The van der Waals surface area contributed by atoms with Crippen LogP contribution < -0.4 is 10.2 Å². The molecule has 0 heterocycles. The van der Waals surface area contributed by atoms with E-state index >= 15 is 0 Å². The molecule has 67 heavy (non-hydrogen) atoms. The molecule has 0 rings (SSSR count). The number of phosphoric acid groups is 1. The second-order valence-corrected chi connectivity index (χ2v) is 21.2. The highest BCUT2D eigenvalue weighted by atomic mass is 31.2. The number of hydrogen-bond donors (Lipinski definition) is 1. The number of nitrogens with zero attached hydrogens (tertiary/aromatic N) is 1.